The highest BCUT2D eigenvalue weighted by atomic mass is 16.5. The minimum atomic E-state index is 0.542. The van der Waals surface area contributed by atoms with Crippen LogP contribution in [0.15, 0.2) is 84.9 Å². The average Bonchev–Trinajstić information content (AvgIpc) is 2.62. The van der Waals surface area contributed by atoms with Gasteiger partial charge in [-0.25, -0.2) is 0 Å². The predicted molar refractivity (Wildman–Crippen MR) is 92.9 cm³/mol. The third kappa shape index (κ3) is 4.89. The number of ether oxygens (including phenoxy) is 2. The largest absolute Gasteiger partial charge is 0.493 e. The highest BCUT2D eigenvalue weighted by molar-refractivity contribution is 5.29. The van der Waals surface area contributed by atoms with Crippen LogP contribution in [0.5, 0.6) is 11.5 Å². The summed E-state index contributed by atoms with van der Waals surface area (Å²) in [6.07, 6.45) is 0.908. The van der Waals surface area contributed by atoms with Crippen LogP contribution in [0.1, 0.15) is 11.1 Å². The van der Waals surface area contributed by atoms with Crippen molar-refractivity contribution < 1.29 is 9.47 Å². The molecule has 0 N–H and O–H groups in total. The van der Waals surface area contributed by atoms with Gasteiger partial charge in [0, 0.05) is 6.42 Å². The van der Waals surface area contributed by atoms with E-state index in [4.69, 9.17) is 9.47 Å². The second-order valence-electron chi connectivity index (χ2n) is 5.33. The highest BCUT2D eigenvalue weighted by Crippen LogP contribution is 2.16. The molecule has 0 bridgehead atoms. The lowest BCUT2D eigenvalue weighted by molar-refractivity contribution is 0.301. The molecule has 0 aliphatic rings. The summed E-state index contributed by atoms with van der Waals surface area (Å²) < 4.78 is 11.6. The molecule has 0 saturated carbocycles. The standard InChI is InChI=1S/C21H20O2/c1-3-8-18(9-4-1)14-15-22-21-13-7-10-19(16-21)17-23-20-11-5-2-6-12-20/h1-13,16H,14-15,17H2. The average molecular weight is 304 g/mol. The number of benzene rings is 3. The Bertz CT molecular complexity index is 708. The lowest BCUT2D eigenvalue weighted by Gasteiger charge is -2.09. The van der Waals surface area contributed by atoms with E-state index in [1.54, 1.807) is 0 Å². The van der Waals surface area contributed by atoms with Gasteiger partial charge in [-0.3, -0.25) is 0 Å². The van der Waals surface area contributed by atoms with Gasteiger partial charge in [-0.05, 0) is 35.4 Å². The summed E-state index contributed by atoms with van der Waals surface area (Å²) in [4.78, 5) is 0. The Morgan fingerprint density at radius 1 is 0.565 bits per heavy atom. The van der Waals surface area contributed by atoms with E-state index >= 15 is 0 Å². The summed E-state index contributed by atoms with van der Waals surface area (Å²) in [5, 5.41) is 0. The van der Waals surface area contributed by atoms with E-state index in [1.807, 2.05) is 60.7 Å². The van der Waals surface area contributed by atoms with Gasteiger partial charge in [0.1, 0.15) is 18.1 Å². The third-order valence-electron chi connectivity index (χ3n) is 3.55. The van der Waals surface area contributed by atoms with Crippen LogP contribution in [0.4, 0.5) is 0 Å². The van der Waals surface area contributed by atoms with Gasteiger partial charge >= 0.3 is 0 Å². The molecule has 0 saturated heterocycles. The summed E-state index contributed by atoms with van der Waals surface area (Å²) in [7, 11) is 0. The van der Waals surface area contributed by atoms with Crippen LogP contribution in [0.3, 0.4) is 0 Å². The first-order chi connectivity index (χ1) is 11.4. The topological polar surface area (TPSA) is 18.5 Å². The molecule has 0 spiro atoms. The Morgan fingerprint density at radius 3 is 2.00 bits per heavy atom. The Labute approximate surface area is 137 Å². The van der Waals surface area contributed by atoms with Crippen molar-refractivity contribution in [2.75, 3.05) is 6.61 Å². The van der Waals surface area contributed by atoms with Gasteiger partial charge in [0.2, 0.25) is 0 Å². The summed E-state index contributed by atoms with van der Waals surface area (Å²) >= 11 is 0. The molecule has 0 amide bonds. The lowest BCUT2D eigenvalue weighted by Crippen LogP contribution is -2.02. The van der Waals surface area contributed by atoms with Gasteiger partial charge in [-0.1, -0.05) is 60.7 Å². The summed E-state index contributed by atoms with van der Waals surface area (Å²) in [6.45, 7) is 1.22. The van der Waals surface area contributed by atoms with Crippen LogP contribution >= 0.6 is 0 Å². The first-order valence-corrected chi connectivity index (χ1v) is 7.84. The minimum Gasteiger partial charge on any atom is -0.493 e. The number of para-hydroxylation sites is 1. The maximum atomic E-state index is 5.85. The van der Waals surface area contributed by atoms with Gasteiger partial charge < -0.3 is 9.47 Å². The van der Waals surface area contributed by atoms with E-state index < -0.39 is 0 Å². The van der Waals surface area contributed by atoms with Crippen molar-refractivity contribution in [3.8, 4) is 11.5 Å². The Balaban J connectivity index is 1.51. The molecule has 2 heteroatoms. The molecule has 0 aromatic heterocycles. The molecular formula is C21H20O2. The van der Waals surface area contributed by atoms with E-state index in [-0.39, 0.29) is 0 Å². The van der Waals surface area contributed by atoms with Crippen LogP contribution in [0.25, 0.3) is 0 Å². The van der Waals surface area contributed by atoms with Crippen molar-refractivity contribution in [2.45, 2.75) is 13.0 Å². The molecule has 0 aliphatic heterocycles. The predicted octanol–water partition coefficient (Wildman–Crippen LogP) is 4.89. The van der Waals surface area contributed by atoms with E-state index in [9.17, 15) is 0 Å². The number of hydrogen-bond acceptors (Lipinski definition) is 2. The quantitative estimate of drug-likeness (QED) is 0.619. The molecule has 0 fully saturated rings. The molecule has 0 radical (unpaired) electrons. The molecule has 0 aliphatic carbocycles. The van der Waals surface area contributed by atoms with Crippen molar-refractivity contribution in [1.82, 2.24) is 0 Å². The molecule has 23 heavy (non-hydrogen) atoms. The lowest BCUT2D eigenvalue weighted by atomic mass is 10.2. The van der Waals surface area contributed by atoms with Crippen LogP contribution in [0.2, 0.25) is 0 Å². The van der Waals surface area contributed by atoms with Crippen LogP contribution in [-0.2, 0) is 13.0 Å². The van der Waals surface area contributed by atoms with Crippen molar-refractivity contribution in [3.05, 3.63) is 96.1 Å². The fraction of sp³-hybridized carbons (Fsp3) is 0.143. The molecule has 0 atom stereocenters. The Morgan fingerprint density at radius 2 is 1.22 bits per heavy atom. The molecule has 0 unspecified atom stereocenters. The molecule has 3 rings (SSSR count). The molecule has 2 nitrogen and oxygen atoms in total. The van der Waals surface area contributed by atoms with Crippen molar-refractivity contribution in [1.29, 1.82) is 0 Å². The van der Waals surface area contributed by atoms with Crippen LogP contribution < -0.4 is 9.47 Å². The molecule has 0 heterocycles. The molecular weight excluding hydrogens is 284 g/mol. The number of hydrogen-bond donors (Lipinski definition) is 0. The van der Waals surface area contributed by atoms with E-state index in [2.05, 4.69) is 24.3 Å². The Kier molecular flexibility index (Phi) is 5.30. The summed E-state index contributed by atoms with van der Waals surface area (Å²) in [5.41, 5.74) is 2.39. The maximum Gasteiger partial charge on any atom is 0.119 e. The van der Waals surface area contributed by atoms with E-state index in [0.29, 0.717) is 13.2 Å². The zero-order valence-corrected chi connectivity index (χ0v) is 13.0. The molecule has 3 aromatic carbocycles. The monoisotopic (exact) mass is 304 g/mol. The molecule has 3 aromatic rings. The second-order valence-corrected chi connectivity index (χ2v) is 5.33. The highest BCUT2D eigenvalue weighted by Gasteiger charge is 1.99. The summed E-state index contributed by atoms with van der Waals surface area (Å²) in [5.74, 6) is 1.76. The Hall–Kier alpha value is -2.74. The first-order valence-electron chi connectivity index (χ1n) is 7.84. The minimum absolute atomic E-state index is 0.542. The van der Waals surface area contributed by atoms with Gasteiger partial charge in [-0.2, -0.15) is 0 Å². The normalized spacial score (nSPS) is 10.3. The SMILES string of the molecule is c1ccc(CCOc2cccc(COc3ccccc3)c2)cc1. The van der Waals surface area contributed by atoms with E-state index in [0.717, 1.165) is 23.5 Å². The van der Waals surface area contributed by atoms with Crippen molar-refractivity contribution in [3.63, 3.8) is 0 Å². The van der Waals surface area contributed by atoms with E-state index in [1.165, 1.54) is 5.56 Å². The zero-order valence-electron chi connectivity index (χ0n) is 13.0. The van der Waals surface area contributed by atoms with Crippen LogP contribution in [-0.4, -0.2) is 6.61 Å². The van der Waals surface area contributed by atoms with Crippen LogP contribution in [0, 0.1) is 0 Å². The van der Waals surface area contributed by atoms with Gasteiger partial charge in [-0.15, -0.1) is 0 Å². The third-order valence-corrected chi connectivity index (χ3v) is 3.55. The smallest absolute Gasteiger partial charge is 0.119 e. The summed E-state index contributed by atoms with van der Waals surface area (Å²) in [6, 6.07) is 28.3. The van der Waals surface area contributed by atoms with Gasteiger partial charge in [0.15, 0.2) is 0 Å². The first kappa shape index (κ1) is 15.2. The zero-order chi connectivity index (χ0) is 15.7. The fourth-order valence-corrected chi connectivity index (χ4v) is 2.34. The van der Waals surface area contributed by atoms with Crippen molar-refractivity contribution in [2.24, 2.45) is 0 Å². The van der Waals surface area contributed by atoms with Gasteiger partial charge in [0.25, 0.3) is 0 Å². The van der Waals surface area contributed by atoms with Gasteiger partial charge in [0.05, 0.1) is 6.61 Å². The molecule has 116 valence electrons. The van der Waals surface area contributed by atoms with Crippen molar-refractivity contribution >= 4 is 0 Å². The second kappa shape index (κ2) is 8.04. The maximum absolute atomic E-state index is 5.85. The number of rotatable bonds is 7. The fourth-order valence-electron chi connectivity index (χ4n) is 2.34.